The Kier molecular flexibility index (Phi) is 4.68. The average Bonchev–Trinajstić information content (AvgIpc) is 2.28. The normalized spacial score (nSPS) is 11.2. The Morgan fingerprint density at radius 3 is 2.50 bits per heavy atom. The molecule has 0 aromatic heterocycles. The van der Waals surface area contributed by atoms with Gasteiger partial charge in [-0.15, -0.1) is 0 Å². The van der Waals surface area contributed by atoms with Crippen LogP contribution in [-0.2, 0) is 0 Å². The third-order valence-corrected chi connectivity index (χ3v) is 2.01. The van der Waals surface area contributed by atoms with Crippen molar-refractivity contribution in [3.8, 4) is 23.3 Å². The molecule has 0 heterocycles. The molecule has 0 spiro atoms. The van der Waals surface area contributed by atoms with Gasteiger partial charge in [-0.25, -0.2) is 0 Å². The smallest absolute Gasteiger partial charge is 0.161 e. The summed E-state index contributed by atoms with van der Waals surface area (Å²) in [7, 11) is 3.18. The largest absolute Gasteiger partial charge is 0.493 e. The lowest BCUT2D eigenvalue weighted by atomic mass is 10.2. The highest BCUT2D eigenvalue weighted by atomic mass is 16.5. The van der Waals surface area contributed by atoms with Crippen LogP contribution in [0.1, 0.15) is 18.9 Å². The van der Waals surface area contributed by atoms with E-state index in [-0.39, 0.29) is 0 Å². The quantitative estimate of drug-likeness (QED) is 0.790. The van der Waals surface area contributed by atoms with Gasteiger partial charge >= 0.3 is 0 Å². The lowest BCUT2D eigenvalue weighted by Gasteiger charge is -2.06. The molecule has 1 unspecified atom stereocenters. The third-order valence-electron chi connectivity index (χ3n) is 2.01. The Bertz CT molecular complexity index is 399. The highest BCUT2D eigenvalue weighted by molar-refractivity contribution is 5.48. The Morgan fingerprint density at radius 2 is 1.94 bits per heavy atom. The number of methoxy groups -OCH3 is 2. The Morgan fingerprint density at radius 1 is 1.25 bits per heavy atom. The number of ether oxygens (including phenoxy) is 2. The zero-order valence-electron chi connectivity index (χ0n) is 9.78. The topological polar surface area (TPSA) is 38.7 Å². The highest BCUT2D eigenvalue weighted by Gasteiger charge is 2.02. The van der Waals surface area contributed by atoms with Crippen LogP contribution in [0.2, 0.25) is 0 Å². The van der Waals surface area contributed by atoms with Crippen molar-refractivity contribution in [2.75, 3.05) is 14.2 Å². The van der Waals surface area contributed by atoms with E-state index >= 15 is 0 Å². The number of benzene rings is 1. The van der Waals surface area contributed by atoms with Gasteiger partial charge in [0.1, 0.15) is 0 Å². The van der Waals surface area contributed by atoms with Gasteiger partial charge in [0, 0.05) is 12.0 Å². The van der Waals surface area contributed by atoms with E-state index in [1.807, 2.05) is 18.2 Å². The predicted molar refractivity (Wildman–Crippen MR) is 62.7 cm³/mol. The summed E-state index contributed by atoms with van der Waals surface area (Å²) in [4.78, 5) is 0. The van der Waals surface area contributed by atoms with E-state index < -0.39 is 6.10 Å². The van der Waals surface area contributed by atoms with Gasteiger partial charge in [0.2, 0.25) is 0 Å². The van der Waals surface area contributed by atoms with Crippen LogP contribution in [0.25, 0.3) is 0 Å². The van der Waals surface area contributed by atoms with Gasteiger partial charge in [-0.05, 0) is 25.1 Å². The molecule has 1 aromatic carbocycles. The maximum atomic E-state index is 9.07. The minimum atomic E-state index is -0.396. The summed E-state index contributed by atoms with van der Waals surface area (Å²) in [5.74, 6) is 7.19. The zero-order valence-corrected chi connectivity index (χ0v) is 9.78. The van der Waals surface area contributed by atoms with E-state index in [0.717, 1.165) is 5.56 Å². The fourth-order valence-electron chi connectivity index (χ4n) is 1.21. The summed E-state index contributed by atoms with van der Waals surface area (Å²) in [6.45, 7) is 1.71. The molecule has 86 valence electrons. The van der Waals surface area contributed by atoms with Gasteiger partial charge in [0.25, 0.3) is 0 Å². The van der Waals surface area contributed by atoms with Crippen molar-refractivity contribution in [2.24, 2.45) is 0 Å². The van der Waals surface area contributed by atoms with Crippen LogP contribution in [0.5, 0.6) is 11.5 Å². The molecule has 16 heavy (non-hydrogen) atoms. The molecule has 0 aliphatic carbocycles. The molecule has 3 nitrogen and oxygen atoms in total. The summed E-state index contributed by atoms with van der Waals surface area (Å²) >= 11 is 0. The van der Waals surface area contributed by atoms with Crippen LogP contribution < -0.4 is 9.47 Å². The minimum absolute atomic E-state index is 0.396. The molecule has 1 aromatic rings. The summed E-state index contributed by atoms with van der Waals surface area (Å²) in [6, 6.07) is 5.48. The monoisotopic (exact) mass is 220 g/mol. The van der Waals surface area contributed by atoms with Gasteiger partial charge < -0.3 is 14.6 Å². The molecule has 0 radical (unpaired) electrons. The second-order valence-corrected chi connectivity index (χ2v) is 3.42. The van der Waals surface area contributed by atoms with E-state index in [9.17, 15) is 0 Å². The second kappa shape index (κ2) is 6.04. The third kappa shape index (κ3) is 3.48. The van der Waals surface area contributed by atoms with Gasteiger partial charge in [0.05, 0.1) is 20.3 Å². The van der Waals surface area contributed by atoms with Crippen molar-refractivity contribution in [1.29, 1.82) is 0 Å². The average molecular weight is 220 g/mol. The standard InChI is InChI=1S/C13H16O3/c1-10(14)5-4-6-11-7-8-12(15-2)13(9-11)16-3/h7-10,14H,5H2,1-3H3. The van der Waals surface area contributed by atoms with Crippen molar-refractivity contribution < 1.29 is 14.6 Å². The van der Waals surface area contributed by atoms with Crippen molar-refractivity contribution in [3.05, 3.63) is 23.8 Å². The first-order valence-electron chi connectivity index (χ1n) is 5.06. The molecule has 0 aliphatic rings. The SMILES string of the molecule is COc1ccc(C#CCC(C)O)cc1OC. The first kappa shape index (κ1) is 12.4. The lowest BCUT2D eigenvalue weighted by Crippen LogP contribution is -1.95. The van der Waals surface area contributed by atoms with Crippen LogP contribution >= 0.6 is 0 Å². The Balaban J connectivity index is 2.85. The highest BCUT2D eigenvalue weighted by Crippen LogP contribution is 2.27. The molecule has 3 heteroatoms. The molecule has 1 rings (SSSR count). The second-order valence-electron chi connectivity index (χ2n) is 3.42. The number of rotatable bonds is 3. The van der Waals surface area contributed by atoms with Gasteiger partial charge in [-0.2, -0.15) is 0 Å². The summed E-state index contributed by atoms with van der Waals surface area (Å²) in [5, 5.41) is 9.07. The van der Waals surface area contributed by atoms with Crippen LogP contribution in [0.15, 0.2) is 18.2 Å². The molecule has 0 bridgehead atoms. The molecule has 0 saturated heterocycles. The maximum absolute atomic E-state index is 9.07. The fourth-order valence-corrected chi connectivity index (χ4v) is 1.21. The van der Waals surface area contributed by atoms with E-state index in [1.54, 1.807) is 21.1 Å². The minimum Gasteiger partial charge on any atom is -0.493 e. The van der Waals surface area contributed by atoms with Crippen LogP contribution in [0.4, 0.5) is 0 Å². The van der Waals surface area contributed by atoms with Crippen molar-refractivity contribution in [2.45, 2.75) is 19.4 Å². The molecule has 1 atom stereocenters. The Labute approximate surface area is 96.0 Å². The molecule has 0 fully saturated rings. The van der Waals surface area contributed by atoms with Crippen LogP contribution in [-0.4, -0.2) is 25.4 Å². The molecule has 0 saturated carbocycles. The van der Waals surface area contributed by atoms with Crippen molar-refractivity contribution in [3.63, 3.8) is 0 Å². The van der Waals surface area contributed by atoms with Crippen LogP contribution in [0, 0.1) is 11.8 Å². The fraction of sp³-hybridized carbons (Fsp3) is 0.385. The zero-order chi connectivity index (χ0) is 12.0. The van der Waals surface area contributed by atoms with Gasteiger partial charge in [0.15, 0.2) is 11.5 Å². The number of hydrogen-bond acceptors (Lipinski definition) is 3. The molecule has 0 amide bonds. The van der Waals surface area contributed by atoms with E-state index in [1.165, 1.54) is 0 Å². The molecular formula is C13H16O3. The first-order valence-corrected chi connectivity index (χ1v) is 5.06. The lowest BCUT2D eigenvalue weighted by molar-refractivity contribution is 0.201. The summed E-state index contributed by atoms with van der Waals surface area (Å²) in [5.41, 5.74) is 0.846. The van der Waals surface area contributed by atoms with Gasteiger partial charge in [-0.1, -0.05) is 11.8 Å². The molecule has 0 aliphatic heterocycles. The summed E-state index contributed by atoms with van der Waals surface area (Å²) in [6.07, 6.45) is 0.0709. The van der Waals surface area contributed by atoms with E-state index in [0.29, 0.717) is 17.9 Å². The Hall–Kier alpha value is -1.66. The predicted octanol–water partition coefficient (Wildman–Crippen LogP) is 1.83. The number of hydrogen-bond donors (Lipinski definition) is 1. The van der Waals surface area contributed by atoms with Gasteiger partial charge in [-0.3, -0.25) is 0 Å². The van der Waals surface area contributed by atoms with Crippen LogP contribution in [0.3, 0.4) is 0 Å². The van der Waals surface area contributed by atoms with Crippen molar-refractivity contribution in [1.82, 2.24) is 0 Å². The molecular weight excluding hydrogens is 204 g/mol. The van der Waals surface area contributed by atoms with Crippen molar-refractivity contribution >= 4 is 0 Å². The number of aliphatic hydroxyl groups excluding tert-OH is 1. The number of aliphatic hydroxyl groups is 1. The first-order chi connectivity index (χ1) is 7.67. The van der Waals surface area contributed by atoms with E-state index in [2.05, 4.69) is 11.8 Å². The maximum Gasteiger partial charge on any atom is 0.161 e. The molecule has 1 N–H and O–H groups in total. The summed E-state index contributed by atoms with van der Waals surface area (Å²) < 4.78 is 10.3. The van der Waals surface area contributed by atoms with E-state index in [4.69, 9.17) is 14.6 Å².